The largest absolute Gasteiger partial charge is 0.392 e. The van der Waals surface area contributed by atoms with Crippen LogP contribution in [0, 0.1) is 0 Å². The van der Waals surface area contributed by atoms with Gasteiger partial charge in [-0.05, 0) is 6.92 Å². The second-order valence-electron chi connectivity index (χ2n) is 1.14. The zero-order chi connectivity index (χ0) is 5.54. The van der Waals surface area contributed by atoms with Gasteiger partial charge in [-0.1, -0.05) is 24.3 Å². The van der Waals surface area contributed by atoms with E-state index in [4.69, 9.17) is 5.11 Å². The topological polar surface area (TPSA) is 20.2 Å². The van der Waals surface area contributed by atoms with Crippen LogP contribution in [0.1, 0.15) is 6.92 Å². The first-order valence-corrected chi connectivity index (χ1v) is 2.30. The first-order chi connectivity index (χ1) is 3.41. The van der Waals surface area contributed by atoms with Gasteiger partial charge in [0.1, 0.15) is 0 Å². The Balaban J connectivity index is 3.09. The average molecular weight is 98.1 g/mol. The molecule has 0 saturated heterocycles. The molecule has 0 aliphatic rings. The van der Waals surface area contributed by atoms with E-state index in [2.05, 4.69) is 0 Å². The summed E-state index contributed by atoms with van der Waals surface area (Å²) in [5, 5.41) is 8.17. The van der Waals surface area contributed by atoms with E-state index in [9.17, 15) is 0 Å². The molecule has 0 unspecified atom stereocenters. The van der Waals surface area contributed by atoms with E-state index in [1.54, 1.807) is 12.2 Å². The van der Waals surface area contributed by atoms with E-state index in [0.29, 0.717) is 0 Å². The molecule has 0 aromatic rings. The van der Waals surface area contributed by atoms with Crippen LogP contribution in [0.3, 0.4) is 0 Å². The van der Waals surface area contributed by atoms with Gasteiger partial charge >= 0.3 is 0 Å². The Morgan fingerprint density at radius 3 is 2.57 bits per heavy atom. The summed E-state index contributed by atoms with van der Waals surface area (Å²) < 4.78 is 0. The highest BCUT2D eigenvalue weighted by Crippen LogP contribution is 1.72. The zero-order valence-electron chi connectivity index (χ0n) is 4.46. The monoisotopic (exact) mass is 98.1 g/mol. The first-order valence-electron chi connectivity index (χ1n) is 2.30. The van der Waals surface area contributed by atoms with Gasteiger partial charge in [0.25, 0.3) is 0 Å². The van der Waals surface area contributed by atoms with Crippen LogP contribution in [-0.4, -0.2) is 11.7 Å². The lowest BCUT2D eigenvalue weighted by Gasteiger charge is -1.70. The Bertz CT molecular complexity index is 72.2. The minimum atomic E-state index is 0.129. The van der Waals surface area contributed by atoms with Crippen molar-refractivity contribution in [3.63, 3.8) is 0 Å². The molecule has 0 aliphatic heterocycles. The third-order valence-electron chi connectivity index (χ3n) is 0.545. The summed E-state index contributed by atoms with van der Waals surface area (Å²) in [6.45, 7) is 2.06. The normalized spacial score (nSPS) is 11.7. The molecule has 0 aromatic heterocycles. The lowest BCUT2D eigenvalue weighted by molar-refractivity contribution is 0.343. The maximum absolute atomic E-state index is 8.17. The van der Waals surface area contributed by atoms with E-state index in [1.165, 1.54) is 0 Å². The number of aliphatic hydroxyl groups excluding tert-OH is 1. The van der Waals surface area contributed by atoms with E-state index < -0.39 is 0 Å². The quantitative estimate of drug-likeness (QED) is 0.513. The van der Waals surface area contributed by atoms with Crippen LogP contribution >= 0.6 is 0 Å². The summed E-state index contributed by atoms with van der Waals surface area (Å²) in [6.07, 6.45) is 7.27. The first kappa shape index (κ1) is 6.44. The molecular weight excluding hydrogens is 88.1 g/mol. The molecule has 0 saturated carbocycles. The molecule has 1 nitrogen and oxygen atoms in total. The van der Waals surface area contributed by atoms with Gasteiger partial charge in [-0.3, -0.25) is 0 Å². The second-order valence-corrected chi connectivity index (χ2v) is 1.14. The third-order valence-corrected chi connectivity index (χ3v) is 0.545. The molecule has 0 spiro atoms. The molecule has 0 aromatic carbocycles. The predicted octanol–water partition coefficient (Wildman–Crippen LogP) is 1.11. The van der Waals surface area contributed by atoms with Gasteiger partial charge in [0.2, 0.25) is 0 Å². The zero-order valence-corrected chi connectivity index (χ0v) is 4.46. The molecule has 0 amide bonds. The molecule has 0 aliphatic carbocycles. The maximum atomic E-state index is 8.17. The van der Waals surface area contributed by atoms with Crippen molar-refractivity contribution in [2.45, 2.75) is 6.92 Å². The predicted molar refractivity (Wildman–Crippen MR) is 31.0 cm³/mol. The summed E-state index contributed by atoms with van der Waals surface area (Å²) in [4.78, 5) is 0. The molecular formula is C6H10O. The summed E-state index contributed by atoms with van der Waals surface area (Å²) >= 11 is 0. The van der Waals surface area contributed by atoms with Crippen molar-refractivity contribution in [3.05, 3.63) is 24.3 Å². The van der Waals surface area contributed by atoms with Crippen molar-refractivity contribution in [2.75, 3.05) is 6.61 Å². The lowest BCUT2D eigenvalue weighted by atomic mass is 10.4. The van der Waals surface area contributed by atoms with E-state index >= 15 is 0 Å². The number of hydrogen-bond donors (Lipinski definition) is 1. The Hall–Kier alpha value is -0.560. The highest BCUT2D eigenvalue weighted by Gasteiger charge is 1.58. The number of hydrogen-bond acceptors (Lipinski definition) is 1. The Morgan fingerprint density at radius 1 is 1.43 bits per heavy atom. The molecule has 0 fully saturated rings. The number of rotatable bonds is 2. The van der Waals surface area contributed by atoms with Gasteiger partial charge in [0.15, 0.2) is 0 Å². The van der Waals surface area contributed by atoms with Crippen molar-refractivity contribution >= 4 is 0 Å². The van der Waals surface area contributed by atoms with Crippen molar-refractivity contribution in [3.8, 4) is 0 Å². The van der Waals surface area contributed by atoms with E-state index in [-0.39, 0.29) is 6.61 Å². The summed E-state index contributed by atoms with van der Waals surface area (Å²) in [7, 11) is 0. The van der Waals surface area contributed by atoms with Crippen molar-refractivity contribution in [2.24, 2.45) is 0 Å². The molecule has 0 rings (SSSR count). The fourth-order valence-corrected chi connectivity index (χ4v) is 0.251. The lowest BCUT2D eigenvalue weighted by Crippen LogP contribution is -1.66. The van der Waals surface area contributed by atoms with Crippen molar-refractivity contribution < 1.29 is 5.11 Å². The Morgan fingerprint density at radius 2 is 2.14 bits per heavy atom. The summed E-state index contributed by atoms with van der Waals surface area (Å²) in [6, 6.07) is 0. The molecule has 40 valence electrons. The highest BCUT2D eigenvalue weighted by atomic mass is 16.2. The molecule has 1 N–H and O–H groups in total. The minimum absolute atomic E-state index is 0.129. The standard InChI is InChI=1S/C6H10O/c1-2-3-4-5-6-7/h2-5,7H,6H2,1H3/b3-2-,5-4+. The van der Waals surface area contributed by atoms with Crippen LogP contribution in [0.2, 0.25) is 0 Å². The van der Waals surface area contributed by atoms with Crippen LogP contribution in [0.15, 0.2) is 24.3 Å². The Labute approximate surface area is 44.0 Å². The third kappa shape index (κ3) is 5.44. The van der Waals surface area contributed by atoms with E-state index in [1.807, 2.05) is 19.1 Å². The number of allylic oxidation sites excluding steroid dienone is 3. The minimum Gasteiger partial charge on any atom is -0.392 e. The van der Waals surface area contributed by atoms with Crippen LogP contribution in [0.25, 0.3) is 0 Å². The van der Waals surface area contributed by atoms with Crippen LogP contribution < -0.4 is 0 Å². The van der Waals surface area contributed by atoms with Gasteiger partial charge in [0.05, 0.1) is 6.61 Å². The van der Waals surface area contributed by atoms with Crippen molar-refractivity contribution in [1.82, 2.24) is 0 Å². The SMILES string of the molecule is C/C=C\C=C\CO. The van der Waals surface area contributed by atoms with Gasteiger partial charge in [-0.2, -0.15) is 0 Å². The smallest absolute Gasteiger partial charge is 0.0615 e. The molecule has 0 heterocycles. The average Bonchev–Trinajstić information content (AvgIpc) is 1.69. The molecule has 0 atom stereocenters. The molecule has 0 bridgehead atoms. The summed E-state index contributed by atoms with van der Waals surface area (Å²) in [5.41, 5.74) is 0. The maximum Gasteiger partial charge on any atom is 0.0615 e. The number of aliphatic hydroxyl groups is 1. The van der Waals surface area contributed by atoms with Crippen LogP contribution in [0.4, 0.5) is 0 Å². The fraction of sp³-hybridized carbons (Fsp3) is 0.333. The molecule has 1 heteroatoms. The van der Waals surface area contributed by atoms with Crippen molar-refractivity contribution in [1.29, 1.82) is 0 Å². The van der Waals surface area contributed by atoms with Gasteiger partial charge in [-0.25, -0.2) is 0 Å². The fourth-order valence-electron chi connectivity index (χ4n) is 0.251. The Kier molecular flexibility index (Phi) is 5.00. The van der Waals surface area contributed by atoms with Crippen LogP contribution in [0.5, 0.6) is 0 Å². The van der Waals surface area contributed by atoms with Crippen LogP contribution in [-0.2, 0) is 0 Å². The van der Waals surface area contributed by atoms with Gasteiger partial charge < -0.3 is 5.11 Å². The van der Waals surface area contributed by atoms with Gasteiger partial charge in [0, 0.05) is 0 Å². The second kappa shape index (κ2) is 5.44. The summed E-state index contributed by atoms with van der Waals surface area (Å²) in [5.74, 6) is 0. The highest BCUT2D eigenvalue weighted by molar-refractivity contribution is 5.00. The molecule has 0 radical (unpaired) electrons. The van der Waals surface area contributed by atoms with Gasteiger partial charge in [-0.15, -0.1) is 0 Å². The molecule has 7 heavy (non-hydrogen) atoms. The van der Waals surface area contributed by atoms with E-state index in [0.717, 1.165) is 0 Å².